The van der Waals surface area contributed by atoms with Crippen LogP contribution >= 0.6 is 0 Å². The fraction of sp³-hybridized carbons (Fsp3) is 0.524. The highest BCUT2D eigenvalue weighted by Gasteiger charge is 2.50. The third kappa shape index (κ3) is 3.72. The smallest absolute Gasteiger partial charge is 0.434 e. The van der Waals surface area contributed by atoms with E-state index in [0.29, 0.717) is 31.2 Å². The second-order valence-electron chi connectivity index (χ2n) is 7.05. The molecule has 27 heavy (non-hydrogen) atoms. The summed E-state index contributed by atoms with van der Waals surface area (Å²) in [6.07, 6.45) is 0.554. The number of rotatable bonds is 4. The highest BCUT2D eigenvalue weighted by Crippen LogP contribution is 2.44. The lowest BCUT2D eigenvalue weighted by molar-refractivity contribution is -0.116. The first-order chi connectivity index (χ1) is 14.8. The Morgan fingerprint density at radius 2 is 2.11 bits per heavy atom. The maximum Gasteiger partial charge on any atom is 0.513 e. The Hall–Kier alpha value is -2.34. The minimum absolute atomic E-state index is 0.000165. The van der Waals surface area contributed by atoms with E-state index in [-0.39, 0.29) is 17.4 Å². The van der Waals surface area contributed by atoms with Crippen LogP contribution in [0.4, 0.5) is 4.79 Å². The van der Waals surface area contributed by atoms with E-state index >= 15 is 0 Å². The average Bonchev–Trinajstić information content (AvgIpc) is 2.94. The van der Waals surface area contributed by atoms with Gasteiger partial charge >= 0.3 is 6.16 Å². The van der Waals surface area contributed by atoms with Crippen molar-refractivity contribution >= 4 is 17.6 Å². The summed E-state index contributed by atoms with van der Waals surface area (Å²) in [5.74, 6) is -0.395. The Bertz CT molecular complexity index is 948. The number of aryl methyl sites for hydroxylation is 2. The Balaban J connectivity index is 2.05. The van der Waals surface area contributed by atoms with E-state index in [2.05, 4.69) is 10.1 Å². The molecule has 1 spiro atoms. The van der Waals surface area contributed by atoms with E-state index in [0.717, 1.165) is 11.1 Å². The SMILES string of the molecule is [2H]C([2H])([2H])C([2H])([2H])OC(=O)OC1=C(c2cc(C)ccc2C)C(=O)NC12CCC(OC)CC2. The molecule has 1 aromatic carbocycles. The maximum atomic E-state index is 13.1. The first-order valence-electron chi connectivity index (χ1n) is 11.4. The predicted octanol–water partition coefficient (Wildman–Crippen LogP) is 3.65. The van der Waals surface area contributed by atoms with Gasteiger partial charge in [0, 0.05) is 11.2 Å². The zero-order valence-electron chi connectivity index (χ0n) is 20.7. The van der Waals surface area contributed by atoms with Crippen LogP contribution in [0.15, 0.2) is 24.0 Å². The van der Waals surface area contributed by atoms with E-state index in [4.69, 9.17) is 16.3 Å². The number of methoxy groups -OCH3 is 1. The van der Waals surface area contributed by atoms with Crippen molar-refractivity contribution in [2.45, 2.75) is 58.0 Å². The Morgan fingerprint density at radius 3 is 2.78 bits per heavy atom. The lowest BCUT2D eigenvalue weighted by atomic mass is 9.79. The number of hydrogen-bond donors (Lipinski definition) is 1. The van der Waals surface area contributed by atoms with Crippen LogP contribution in [0.25, 0.3) is 5.57 Å². The Morgan fingerprint density at radius 1 is 1.37 bits per heavy atom. The summed E-state index contributed by atoms with van der Waals surface area (Å²) in [6, 6.07) is 5.55. The molecule has 146 valence electrons. The van der Waals surface area contributed by atoms with Gasteiger partial charge in [0.05, 0.1) is 26.5 Å². The second-order valence-corrected chi connectivity index (χ2v) is 7.05. The van der Waals surface area contributed by atoms with Gasteiger partial charge in [-0.05, 0) is 57.5 Å². The van der Waals surface area contributed by atoms with Crippen molar-refractivity contribution in [2.75, 3.05) is 13.7 Å². The van der Waals surface area contributed by atoms with Gasteiger partial charge in [0.25, 0.3) is 5.91 Å². The minimum atomic E-state index is -3.25. The van der Waals surface area contributed by atoms with Crippen molar-refractivity contribution in [3.05, 3.63) is 40.6 Å². The third-order valence-electron chi connectivity index (χ3n) is 5.34. The molecule has 1 fully saturated rings. The van der Waals surface area contributed by atoms with Crippen LogP contribution < -0.4 is 5.32 Å². The molecule has 0 bridgehead atoms. The van der Waals surface area contributed by atoms with E-state index in [1.54, 1.807) is 13.2 Å². The molecule has 1 aliphatic carbocycles. The third-order valence-corrected chi connectivity index (χ3v) is 5.34. The molecule has 0 radical (unpaired) electrons. The van der Waals surface area contributed by atoms with Crippen LogP contribution in [0.3, 0.4) is 0 Å². The fourth-order valence-electron chi connectivity index (χ4n) is 3.90. The summed E-state index contributed by atoms with van der Waals surface area (Å²) in [6.45, 7) is -2.75. The number of ether oxygens (including phenoxy) is 3. The van der Waals surface area contributed by atoms with Gasteiger partial charge in [-0.2, -0.15) is 0 Å². The van der Waals surface area contributed by atoms with Crippen molar-refractivity contribution in [2.24, 2.45) is 0 Å². The van der Waals surface area contributed by atoms with Crippen LogP contribution in [0, 0.1) is 13.8 Å². The van der Waals surface area contributed by atoms with E-state index in [1.807, 2.05) is 26.0 Å². The highest BCUT2D eigenvalue weighted by molar-refractivity contribution is 6.23. The number of hydrogen-bond acceptors (Lipinski definition) is 5. The maximum absolute atomic E-state index is 13.1. The number of carbonyl (C=O) groups excluding carboxylic acids is 2. The van der Waals surface area contributed by atoms with Crippen LogP contribution in [-0.4, -0.2) is 37.4 Å². The molecule has 1 aliphatic heterocycles. The van der Waals surface area contributed by atoms with Gasteiger partial charge in [-0.1, -0.05) is 23.8 Å². The van der Waals surface area contributed by atoms with E-state index in [1.165, 1.54) is 0 Å². The summed E-state index contributed by atoms with van der Waals surface area (Å²) >= 11 is 0. The normalized spacial score (nSPS) is 28.6. The van der Waals surface area contributed by atoms with Crippen LogP contribution in [0.1, 0.15) is 56.1 Å². The van der Waals surface area contributed by atoms with Gasteiger partial charge < -0.3 is 19.5 Å². The zero-order chi connectivity index (χ0) is 23.9. The Labute approximate surface area is 166 Å². The van der Waals surface area contributed by atoms with E-state index < -0.39 is 31.0 Å². The van der Waals surface area contributed by atoms with E-state index in [9.17, 15) is 9.59 Å². The molecule has 6 heteroatoms. The van der Waals surface area contributed by atoms with Crippen LogP contribution in [-0.2, 0) is 19.0 Å². The van der Waals surface area contributed by atoms with Gasteiger partial charge in [-0.25, -0.2) is 4.79 Å². The molecule has 2 aliphatic rings. The van der Waals surface area contributed by atoms with Crippen molar-refractivity contribution in [3.63, 3.8) is 0 Å². The summed E-state index contributed by atoms with van der Waals surface area (Å²) in [7, 11) is 1.61. The molecule has 1 saturated carbocycles. The molecule has 6 nitrogen and oxygen atoms in total. The molecule has 3 rings (SSSR count). The largest absolute Gasteiger partial charge is 0.513 e. The molecule has 1 N–H and O–H groups in total. The summed E-state index contributed by atoms with van der Waals surface area (Å²) in [5, 5.41) is 2.95. The molecule has 0 aromatic heterocycles. The van der Waals surface area contributed by atoms with Crippen molar-refractivity contribution in [1.29, 1.82) is 0 Å². The molecule has 0 saturated heterocycles. The molecule has 0 unspecified atom stereocenters. The minimum Gasteiger partial charge on any atom is -0.434 e. The lowest BCUT2D eigenvalue weighted by Crippen LogP contribution is -2.49. The zero-order valence-corrected chi connectivity index (χ0v) is 15.7. The quantitative estimate of drug-likeness (QED) is 0.810. The molecular formula is C21H27NO5. The van der Waals surface area contributed by atoms with Crippen molar-refractivity contribution in [3.8, 4) is 0 Å². The fourth-order valence-corrected chi connectivity index (χ4v) is 3.90. The summed E-state index contributed by atoms with van der Waals surface area (Å²) in [4.78, 5) is 25.6. The van der Waals surface area contributed by atoms with Crippen molar-refractivity contribution in [1.82, 2.24) is 5.32 Å². The Kier molecular flexibility index (Phi) is 3.94. The first-order valence-corrected chi connectivity index (χ1v) is 8.88. The van der Waals surface area contributed by atoms with Crippen LogP contribution in [0.2, 0.25) is 0 Å². The van der Waals surface area contributed by atoms with Crippen LogP contribution in [0.5, 0.6) is 0 Å². The molecule has 1 heterocycles. The summed E-state index contributed by atoms with van der Waals surface area (Å²) < 4.78 is 52.2. The molecule has 1 amide bonds. The number of amides is 1. The summed E-state index contributed by atoms with van der Waals surface area (Å²) in [5.41, 5.74) is 1.43. The topological polar surface area (TPSA) is 73.9 Å². The predicted molar refractivity (Wildman–Crippen MR) is 101 cm³/mol. The van der Waals surface area contributed by atoms with Gasteiger partial charge in [-0.3, -0.25) is 4.79 Å². The monoisotopic (exact) mass is 378 g/mol. The van der Waals surface area contributed by atoms with Gasteiger partial charge in [0.2, 0.25) is 0 Å². The second kappa shape index (κ2) is 7.72. The number of carbonyl (C=O) groups is 2. The van der Waals surface area contributed by atoms with Crippen molar-refractivity contribution < 1.29 is 30.7 Å². The lowest BCUT2D eigenvalue weighted by Gasteiger charge is -2.37. The first kappa shape index (κ1) is 13.8. The van der Waals surface area contributed by atoms with Gasteiger partial charge in [0.1, 0.15) is 5.76 Å². The van der Waals surface area contributed by atoms with Gasteiger partial charge in [-0.15, -0.1) is 0 Å². The average molecular weight is 378 g/mol. The highest BCUT2D eigenvalue weighted by atomic mass is 16.7. The molecular weight excluding hydrogens is 346 g/mol. The molecule has 0 atom stereocenters. The standard InChI is InChI=1S/C21H27NO5/c1-5-26-20(24)27-18-17(16-12-13(2)6-7-14(16)3)19(23)22-21(18)10-8-15(25-4)9-11-21/h6-7,12,15H,5,8-11H2,1-4H3,(H,22,23)/i1D3,5D2. The number of nitrogens with one attached hydrogen (secondary N) is 1. The number of benzene rings is 1. The molecule has 1 aromatic rings. The van der Waals surface area contributed by atoms with Gasteiger partial charge in [0.15, 0.2) is 0 Å².